The molecule has 3 rings (SSSR count). The normalized spacial score (nSPS) is 11.3. The highest BCUT2D eigenvalue weighted by Crippen LogP contribution is 2.31. The molecule has 0 aromatic carbocycles. The molecule has 5 nitrogen and oxygen atoms in total. The van der Waals surface area contributed by atoms with Crippen LogP contribution in [0.4, 0.5) is 5.82 Å². The second-order valence-corrected chi connectivity index (χ2v) is 6.46. The van der Waals surface area contributed by atoms with Gasteiger partial charge >= 0.3 is 0 Å². The molecular weight excluding hydrogens is 326 g/mol. The summed E-state index contributed by atoms with van der Waals surface area (Å²) in [7, 11) is 0. The van der Waals surface area contributed by atoms with Gasteiger partial charge in [-0.05, 0) is 35.3 Å². The SMILES string of the molecule is Cc1sc2nc(Cn3cc(Br)cn3)nc(N)c2c1C. The van der Waals surface area contributed by atoms with Crippen LogP contribution in [0.1, 0.15) is 16.3 Å². The summed E-state index contributed by atoms with van der Waals surface area (Å²) in [5.74, 6) is 1.23. The fourth-order valence-electron chi connectivity index (χ4n) is 1.97. The Balaban J connectivity index is 2.06. The van der Waals surface area contributed by atoms with E-state index >= 15 is 0 Å². The predicted octanol–water partition coefficient (Wildman–Crippen LogP) is 2.90. The zero-order valence-corrected chi connectivity index (χ0v) is 12.9. The van der Waals surface area contributed by atoms with Gasteiger partial charge in [-0.1, -0.05) is 0 Å². The van der Waals surface area contributed by atoms with Crippen LogP contribution in [-0.2, 0) is 6.54 Å². The summed E-state index contributed by atoms with van der Waals surface area (Å²) in [4.78, 5) is 11.1. The molecule has 0 saturated heterocycles. The van der Waals surface area contributed by atoms with E-state index < -0.39 is 0 Å². The van der Waals surface area contributed by atoms with Crippen molar-refractivity contribution in [3.63, 3.8) is 0 Å². The van der Waals surface area contributed by atoms with Crippen LogP contribution in [0.2, 0.25) is 0 Å². The molecule has 0 atom stereocenters. The number of thiophene rings is 1. The topological polar surface area (TPSA) is 69.6 Å². The van der Waals surface area contributed by atoms with E-state index in [4.69, 9.17) is 5.73 Å². The lowest BCUT2D eigenvalue weighted by Gasteiger charge is -2.03. The largest absolute Gasteiger partial charge is 0.383 e. The summed E-state index contributed by atoms with van der Waals surface area (Å²) in [5.41, 5.74) is 7.22. The number of nitrogen functional groups attached to an aromatic ring is 1. The van der Waals surface area contributed by atoms with Crippen molar-refractivity contribution in [3.05, 3.63) is 33.1 Å². The highest BCUT2D eigenvalue weighted by atomic mass is 79.9. The van der Waals surface area contributed by atoms with Gasteiger partial charge in [0.25, 0.3) is 0 Å². The number of fused-ring (bicyclic) bond motifs is 1. The predicted molar refractivity (Wildman–Crippen MR) is 80.3 cm³/mol. The molecule has 7 heteroatoms. The monoisotopic (exact) mass is 337 g/mol. The van der Waals surface area contributed by atoms with Crippen molar-refractivity contribution in [1.82, 2.24) is 19.7 Å². The number of nitrogens with zero attached hydrogens (tertiary/aromatic N) is 4. The first-order valence-corrected chi connectivity index (χ1v) is 7.35. The van der Waals surface area contributed by atoms with Gasteiger partial charge in [-0.15, -0.1) is 11.3 Å². The molecule has 0 aliphatic carbocycles. The quantitative estimate of drug-likeness (QED) is 0.780. The third-order valence-electron chi connectivity index (χ3n) is 3.01. The second kappa shape index (κ2) is 4.57. The van der Waals surface area contributed by atoms with Crippen molar-refractivity contribution >= 4 is 43.3 Å². The Hall–Kier alpha value is -1.47. The number of hydrogen-bond acceptors (Lipinski definition) is 5. The van der Waals surface area contributed by atoms with Gasteiger partial charge in [0, 0.05) is 11.1 Å². The molecule has 3 heterocycles. The smallest absolute Gasteiger partial charge is 0.153 e. The molecule has 0 spiro atoms. The number of anilines is 1. The van der Waals surface area contributed by atoms with Crippen LogP contribution in [0.15, 0.2) is 16.9 Å². The highest BCUT2D eigenvalue weighted by molar-refractivity contribution is 9.10. The maximum Gasteiger partial charge on any atom is 0.153 e. The molecule has 0 amide bonds. The number of halogens is 1. The first-order chi connectivity index (χ1) is 9.04. The van der Waals surface area contributed by atoms with Crippen molar-refractivity contribution in [3.8, 4) is 0 Å². The van der Waals surface area contributed by atoms with Crippen LogP contribution in [0.5, 0.6) is 0 Å². The van der Waals surface area contributed by atoms with Crippen LogP contribution in [0, 0.1) is 13.8 Å². The number of aromatic nitrogens is 4. The number of rotatable bonds is 2. The van der Waals surface area contributed by atoms with Crippen LogP contribution >= 0.6 is 27.3 Å². The third-order valence-corrected chi connectivity index (χ3v) is 4.52. The first kappa shape index (κ1) is 12.6. The molecule has 19 heavy (non-hydrogen) atoms. The van der Waals surface area contributed by atoms with Gasteiger partial charge in [-0.3, -0.25) is 4.68 Å². The summed E-state index contributed by atoms with van der Waals surface area (Å²) < 4.78 is 2.71. The summed E-state index contributed by atoms with van der Waals surface area (Å²) in [6, 6.07) is 0. The average Bonchev–Trinajstić information content (AvgIpc) is 2.85. The fraction of sp³-hybridized carbons (Fsp3) is 0.250. The molecule has 3 aromatic rings. The van der Waals surface area contributed by atoms with Gasteiger partial charge in [-0.25, -0.2) is 9.97 Å². The number of aryl methyl sites for hydroxylation is 2. The minimum absolute atomic E-state index is 0.516. The minimum atomic E-state index is 0.516. The van der Waals surface area contributed by atoms with E-state index in [0.717, 1.165) is 14.7 Å². The summed E-state index contributed by atoms with van der Waals surface area (Å²) in [5, 5.41) is 5.18. The van der Waals surface area contributed by atoms with E-state index in [0.29, 0.717) is 18.2 Å². The van der Waals surface area contributed by atoms with Crippen molar-refractivity contribution in [2.75, 3.05) is 5.73 Å². The van der Waals surface area contributed by atoms with Gasteiger partial charge in [0.15, 0.2) is 5.82 Å². The maximum atomic E-state index is 6.05. The highest BCUT2D eigenvalue weighted by Gasteiger charge is 2.12. The molecular formula is C12H12BrN5S. The molecule has 2 N–H and O–H groups in total. The Kier molecular flexibility index (Phi) is 3.02. The number of hydrogen-bond donors (Lipinski definition) is 1. The van der Waals surface area contributed by atoms with Gasteiger partial charge in [-0.2, -0.15) is 5.10 Å². The van der Waals surface area contributed by atoms with Crippen molar-refractivity contribution in [2.24, 2.45) is 0 Å². The fourth-order valence-corrected chi connectivity index (χ4v) is 3.35. The Bertz CT molecular complexity index is 761. The lowest BCUT2D eigenvalue weighted by atomic mass is 10.2. The van der Waals surface area contributed by atoms with E-state index in [1.807, 2.05) is 6.20 Å². The van der Waals surface area contributed by atoms with Gasteiger partial charge in [0.05, 0.1) is 16.1 Å². The number of nitrogens with two attached hydrogens (primary N) is 1. The molecule has 0 radical (unpaired) electrons. The summed E-state index contributed by atoms with van der Waals surface area (Å²) >= 11 is 5.02. The molecule has 0 saturated carbocycles. The summed E-state index contributed by atoms with van der Waals surface area (Å²) in [6.07, 6.45) is 3.62. The Morgan fingerprint density at radius 2 is 2.16 bits per heavy atom. The van der Waals surface area contributed by atoms with Crippen LogP contribution in [0.25, 0.3) is 10.2 Å². The maximum absolute atomic E-state index is 6.05. The molecule has 0 unspecified atom stereocenters. The Labute approximate surface area is 122 Å². The summed E-state index contributed by atoms with van der Waals surface area (Å²) in [6.45, 7) is 4.64. The van der Waals surface area contributed by atoms with Crippen molar-refractivity contribution in [2.45, 2.75) is 20.4 Å². The zero-order chi connectivity index (χ0) is 13.6. The van der Waals surface area contributed by atoms with Crippen LogP contribution < -0.4 is 5.73 Å². The van der Waals surface area contributed by atoms with Crippen molar-refractivity contribution < 1.29 is 0 Å². The molecule has 0 bridgehead atoms. The molecule has 0 aliphatic rings. The van der Waals surface area contributed by atoms with Gasteiger partial charge in [0.1, 0.15) is 17.2 Å². The van der Waals surface area contributed by atoms with E-state index in [1.54, 1.807) is 22.2 Å². The standard InChI is InChI=1S/C12H12BrN5S/c1-6-7(2)19-12-10(6)11(14)16-9(17-12)5-18-4-8(13)3-15-18/h3-4H,5H2,1-2H3,(H2,14,16,17). The van der Waals surface area contributed by atoms with Crippen LogP contribution in [0.3, 0.4) is 0 Å². The lowest BCUT2D eigenvalue weighted by Crippen LogP contribution is -2.06. The van der Waals surface area contributed by atoms with Crippen LogP contribution in [-0.4, -0.2) is 19.7 Å². The molecule has 0 fully saturated rings. The van der Waals surface area contributed by atoms with Gasteiger partial charge < -0.3 is 5.73 Å². The minimum Gasteiger partial charge on any atom is -0.383 e. The molecule has 0 aliphatic heterocycles. The van der Waals surface area contributed by atoms with Gasteiger partial charge in [0.2, 0.25) is 0 Å². The van der Waals surface area contributed by atoms with E-state index in [1.165, 1.54) is 10.4 Å². The second-order valence-electron chi connectivity index (χ2n) is 4.34. The zero-order valence-electron chi connectivity index (χ0n) is 10.5. The first-order valence-electron chi connectivity index (χ1n) is 5.74. The third kappa shape index (κ3) is 2.23. The molecule has 98 valence electrons. The Morgan fingerprint density at radius 1 is 1.37 bits per heavy atom. The average molecular weight is 338 g/mol. The lowest BCUT2D eigenvalue weighted by molar-refractivity contribution is 0.659. The molecule has 3 aromatic heterocycles. The van der Waals surface area contributed by atoms with E-state index in [2.05, 4.69) is 44.8 Å². The van der Waals surface area contributed by atoms with Crippen molar-refractivity contribution in [1.29, 1.82) is 0 Å². The van der Waals surface area contributed by atoms with E-state index in [9.17, 15) is 0 Å². The van der Waals surface area contributed by atoms with E-state index in [-0.39, 0.29) is 0 Å². The Morgan fingerprint density at radius 3 is 2.84 bits per heavy atom.